The lowest BCUT2D eigenvalue weighted by molar-refractivity contribution is -0.132. The van der Waals surface area contributed by atoms with Crippen LogP contribution in [0.3, 0.4) is 0 Å². The molecule has 3 aromatic carbocycles. The number of aliphatic hydroxyl groups excluding tert-OH is 1. The molecule has 1 aliphatic heterocycles. The largest absolute Gasteiger partial charge is 0.507 e. The molecular weight excluding hydrogens is 466 g/mol. The van der Waals surface area contributed by atoms with E-state index in [0.29, 0.717) is 28.3 Å². The number of amides is 1. The van der Waals surface area contributed by atoms with Gasteiger partial charge >= 0.3 is 0 Å². The van der Waals surface area contributed by atoms with Gasteiger partial charge in [0.15, 0.2) is 0 Å². The second kappa shape index (κ2) is 10.1. The molecule has 1 unspecified atom stereocenters. The summed E-state index contributed by atoms with van der Waals surface area (Å²) in [5.74, 6) is -0.654. The van der Waals surface area contributed by atoms with Crippen molar-refractivity contribution in [2.45, 2.75) is 45.6 Å². The molecule has 0 aliphatic carbocycles. The lowest BCUT2D eigenvalue weighted by atomic mass is 9.85. The van der Waals surface area contributed by atoms with E-state index in [1.165, 1.54) is 12.0 Å². The summed E-state index contributed by atoms with van der Waals surface area (Å²) in [6, 6.07) is 19.4. The molecule has 6 heteroatoms. The maximum atomic E-state index is 13.5. The monoisotopic (exact) mass is 499 g/mol. The second-order valence-corrected chi connectivity index (χ2v) is 10.1. The summed E-state index contributed by atoms with van der Waals surface area (Å²) in [6.45, 7) is 8.25. The summed E-state index contributed by atoms with van der Waals surface area (Å²) in [6.07, 6.45) is 0.852. The van der Waals surface area contributed by atoms with Crippen molar-refractivity contribution in [3.05, 3.63) is 94.6 Å². The Labute approximate surface area is 218 Å². The van der Waals surface area contributed by atoms with E-state index in [9.17, 15) is 14.7 Å². The molecule has 1 fully saturated rings. The Bertz CT molecular complexity index is 1350. The Balaban J connectivity index is 1.97. The molecule has 0 bridgehead atoms. The summed E-state index contributed by atoms with van der Waals surface area (Å²) in [4.78, 5) is 28.5. The van der Waals surface area contributed by atoms with Crippen LogP contribution in [0.4, 0.5) is 5.69 Å². The molecule has 37 heavy (non-hydrogen) atoms. The lowest BCUT2D eigenvalue weighted by Crippen LogP contribution is -2.29. The Morgan fingerprint density at radius 1 is 0.919 bits per heavy atom. The van der Waals surface area contributed by atoms with E-state index in [2.05, 4.69) is 27.7 Å². The average molecular weight is 500 g/mol. The smallest absolute Gasteiger partial charge is 0.300 e. The van der Waals surface area contributed by atoms with Crippen molar-refractivity contribution in [3.8, 4) is 11.5 Å². The first-order chi connectivity index (χ1) is 17.6. The zero-order valence-corrected chi connectivity index (χ0v) is 22.2. The highest BCUT2D eigenvalue weighted by atomic mass is 16.5. The van der Waals surface area contributed by atoms with Crippen molar-refractivity contribution in [2.75, 3.05) is 19.1 Å². The third-order valence-corrected chi connectivity index (χ3v) is 6.82. The number of carbonyl (C=O) groups is 2. The fraction of sp³-hybridized carbons (Fsp3) is 0.290. The van der Waals surface area contributed by atoms with Crippen molar-refractivity contribution in [2.24, 2.45) is 0 Å². The first-order valence-corrected chi connectivity index (χ1v) is 12.3. The molecule has 1 heterocycles. The number of anilines is 1. The fourth-order valence-electron chi connectivity index (χ4n) is 4.60. The van der Waals surface area contributed by atoms with Crippen LogP contribution in [0.2, 0.25) is 0 Å². The molecule has 4 rings (SSSR count). The highest BCUT2D eigenvalue weighted by Gasteiger charge is 2.47. The van der Waals surface area contributed by atoms with Gasteiger partial charge in [-0.2, -0.15) is 0 Å². The summed E-state index contributed by atoms with van der Waals surface area (Å²) >= 11 is 0. The van der Waals surface area contributed by atoms with E-state index >= 15 is 0 Å². The first kappa shape index (κ1) is 26.0. The molecule has 0 aromatic heterocycles. The standard InChI is InChI=1S/C31H33NO5/c1-7-19-8-13-22(14-9-19)32-27(20-10-15-23(36-5)16-11-20)26(29(34)30(32)35)28(33)24-18-21(31(2,3)4)12-17-25(24)37-6/h8-18,27,33H,7H2,1-6H3/b28-26+. The molecule has 1 atom stereocenters. The molecule has 1 amide bonds. The van der Waals surface area contributed by atoms with Crippen molar-refractivity contribution in [1.29, 1.82) is 0 Å². The van der Waals surface area contributed by atoms with Crippen molar-refractivity contribution in [3.63, 3.8) is 0 Å². The number of nitrogens with zero attached hydrogens (tertiary/aromatic N) is 1. The average Bonchev–Trinajstić information content (AvgIpc) is 3.17. The Morgan fingerprint density at radius 3 is 2.11 bits per heavy atom. The van der Waals surface area contributed by atoms with Crippen LogP contribution in [0.25, 0.3) is 5.76 Å². The molecule has 6 nitrogen and oxygen atoms in total. The van der Waals surface area contributed by atoms with E-state index < -0.39 is 17.7 Å². The van der Waals surface area contributed by atoms with Gasteiger partial charge in [0.2, 0.25) is 0 Å². The van der Waals surface area contributed by atoms with E-state index in [0.717, 1.165) is 17.5 Å². The van der Waals surface area contributed by atoms with Gasteiger partial charge in [-0.1, -0.05) is 58.0 Å². The maximum Gasteiger partial charge on any atom is 0.300 e. The summed E-state index contributed by atoms with van der Waals surface area (Å²) in [5.41, 5.74) is 3.50. The van der Waals surface area contributed by atoms with Gasteiger partial charge in [-0.25, -0.2) is 0 Å². The van der Waals surface area contributed by atoms with Gasteiger partial charge in [0.25, 0.3) is 11.7 Å². The van der Waals surface area contributed by atoms with E-state index in [1.807, 2.05) is 36.4 Å². The van der Waals surface area contributed by atoms with Crippen LogP contribution in [0.5, 0.6) is 11.5 Å². The van der Waals surface area contributed by atoms with Crippen LogP contribution >= 0.6 is 0 Å². The molecule has 192 valence electrons. The number of carbonyl (C=O) groups excluding carboxylic acids is 2. The van der Waals surface area contributed by atoms with Gasteiger partial charge < -0.3 is 14.6 Å². The van der Waals surface area contributed by atoms with Gasteiger partial charge in [-0.05, 0) is 64.9 Å². The molecule has 1 N–H and O–H groups in total. The quantitative estimate of drug-likeness (QED) is 0.249. The van der Waals surface area contributed by atoms with Crippen LogP contribution < -0.4 is 14.4 Å². The third-order valence-electron chi connectivity index (χ3n) is 6.82. The van der Waals surface area contributed by atoms with E-state index in [-0.39, 0.29) is 16.7 Å². The second-order valence-electron chi connectivity index (χ2n) is 10.1. The number of aliphatic hydroxyl groups is 1. The number of hydrogen-bond donors (Lipinski definition) is 1. The zero-order chi connectivity index (χ0) is 26.9. The zero-order valence-electron chi connectivity index (χ0n) is 22.2. The molecule has 0 saturated carbocycles. The van der Waals surface area contributed by atoms with E-state index in [4.69, 9.17) is 9.47 Å². The number of Topliss-reactive ketones (excluding diaryl/α,β-unsaturated/α-hetero) is 1. The molecule has 1 saturated heterocycles. The SMILES string of the molecule is CCc1ccc(N2C(=O)C(=O)/C(=C(/O)c3cc(C(C)(C)C)ccc3OC)C2c2ccc(OC)cc2)cc1. The van der Waals surface area contributed by atoms with Crippen LogP contribution in [0, 0.1) is 0 Å². The Kier molecular flexibility index (Phi) is 7.12. The van der Waals surface area contributed by atoms with Gasteiger partial charge in [0.05, 0.1) is 31.4 Å². The maximum absolute atomic E-state index is 13.5. The predicted octanol–water partition coefficient (Wildman–Crippen LogP) is 6.19. The van der Waals surface area contributed by atoms with Gasteiger partial charge in [0.1, 0.15) is 17.3 Å². The highest BCUT2D eigenvalue weighted by molar-refractivity contribution is 6.51. The molecular formula is C31H33NO5. The first-order valence-electron chi connectivity index (χ1n) is 12.3. The van der Waals surface area contributed by atoms with Gasteiger partial charge in [-0.3, -0.25) is 14.5 Å². The van der Waals surface area contributed by atoms with Crippen molar-refractivity contribution < 1.29 is 24.2 Å². The lowest BCUT2D eigenvalue weighted by Gasteiger charge is -2.26. The molecule has 0 spiro atoms. The van der Waals surface area contributed by atoms with Crippen LogP contribution in [-0.2, 0) is 21.4 Å². The minimum absolute atomic E-state index is 0.0131. The number of aryl methyl sites for hydroxylation is 1. The number of hydrogen-bond acceptors (Lipinski definition) is 5. The Morgan fingerprint density at radius 2 is 1.57 bits per heavy atom. The predicted molar refractivity (Wildman–Crippen MR) is 145 cm³/mol. The minimum Gasteiger partial charge on any atom is -0.507 e. The normalized spacial score (nSPS) is 17.2. The molecule has 3 aromatic rings. The number of ether oxygens (including phenoxy) is 2. The number of methoxy groups -OCH3 is 2. The summed E-state index contributed by atoms with van der Waals surface area (Å²) in [5, 5.41) is 11.7. The number of benzene rings is 3. The topological polar surface area (TPSA) is 76.1 Å². The molecule has 1 aliphatic rings. The number of rotatable bonds is 6. The Hall–Kier alpha value is -4.06. The van der Waals surface area contributed by atoms with E-state index in [1.54, 1.807) is 37.4 Å². The van der Waals surface area contributed by atoms with Gasteiger partial charge in [-0.15, -0.1) is 0 Å². The van der Waals surface area contributed by atoms with Crippen LogP contribution in [0.15, 0.2) is 72.3 Å². The number of ketones is 1. The third kappa shape index (κ3) is 4.84. The van der Waals surface area contributed by atoms with Crippen LogP contribution in [-0.4, -0.2) is 31.0 Å². The van der Waals surface area contributed by atoms with Crippen molar-refractivity contribution in [1.82, 2.24) is 0 Å². The molecule has 0 radical (unpaired) electrons. The van der Waals surface area contributed by atoms with Crippen LogP contribution in [0.1, 0.15) is 56.0 Å². The highest BCUT2D eigenvalue weighted by Crippen LogP contribution is 2.44. The summed E-state index contributed by atoms with van der Waals surface area (Å²) < 4.78 is 10.8. The minimum atomic E-state index is -0.832. The summed E-state index contributed by atoms with van der Waals surface area (Å²) in [7, 11) is 3.09. The fourth-order valence-corrected chi connectivity index (χ4v) is 4.60. The van der Waals surface area contributed by atoms with Gasteiger partial charge in [0, 0.05) is 5.69 Å². The van der Waals surface area contributed by atoms with Crippen molar-refractivity contribution >= 4 is 23.1 Å².